The fourth-order valence-corrected chi connectivity index (χ4v) is 2.42. The lowest BCUT2D eigenvalue weighted by Gasteiger charge is -1.85. The third-order valence-corrected chi connectivity index (χ3v) is 2.88. The van der Waals surface area contributed by atoms with Gasteiger partial charge in [-0.3, -0.25) is 0 Å². The van der Waals surface area contributed by atoms with Gasteiger partial charge in [-0.05, 0) is 12.7 Å². The highest BCUT2D eigenvalue weighted by Gasteiger charge is 1.94. The zero-order chi connectivity index (χ0) is 6.69. The highest BCUT2D eigenvalue weighted by molar-refractivity contribution is 8.01. The molecule has 0 unspecified atom stereocenters. The second-order valence-corrected chi connectivity index (χ2v) is 4.43. The van der Waals surface area contributed by atoms with Crippen molar-refractivity contribution in [2.24, 2.45) is 0 Å². The zero-order valence-corrected chi connectivity index (χ0v) is 7.18. The van der Waals surface area contributed by atoms with Crippen molar-refractivity contribution in [1.82, 2.24) is 4.98 Å². The summed E-state index contributed by atoms with van der Waals surface area (Å²) in [5, 5.41) is 1.16. The molecule has 0 saturated carbocycles. The summed E-state index contributed by atoms with van der Waals surface area (Å²) >= 11 is 3.62. The Morgan fingerprint density at radius 1 is 1.78 bits per heavy atom. The Bertz CT molecular complexity index is 183. The first-order valence-electron chi connectivity index (χ1n) is 2.88. The van der Waals surface area contributed by atoms with Gasteiger partial charge < -0.3 is 0 Å². The molecule has 0 N–H and O–H groups in total. The van der Waals surface area contributed by atoms with Gasteiger partial charge in [0.2, 0.25) is 0 Å². The van der Waals surface area contributed by atoms with E-state index in [1.807, 2.05) is 24.9 Å². The minimum atomic E-state index is 1.14. The van der Waals surface area contributed by atoms with Gasteiger partial charge in [-0.1, -0.05) is 6.92 Å². The SMILES string of the molecule is CCSc1cnc(C)s1. The first kappa shape index (κ1) is 7.09. The van der Waals surface area contributed by atoms with Gasteiger partial charge >= 0.3 is 0 Å². The normalized spacial score (nSPS) is 10.0. The summed E-state index contributed by atoms with van der Waals surface area (Å²) in [5.41, 5.74) is 0. The first-order chi connectivity index (χ1) is 4.33. The van der Waals surface area contributed by atoms with Gasteiger partial charge in [0, 0.05) is 0 Å². The van der Waals surface area contributed by atoms with E-state index in [4.69, 9.17) is 0 Å². The van der Waals surface area contributed by atoms with Gasteiger partial charge in [0.15, 0.2) is 0 Å². The van der Waals surface area contributed by atoms with Crippen molar-refractivity contribution < 1.29 is 0 Å². The lowest BCUT2D eigenvalue weighted by Crippen LogP contribution is -1.61. The Morgan fingerprint density at radius 3 is 3.00 bits per heavy atom. The van der Waals surface area contributed by atoms with Crippen LogP contribution in [0.15, 0.2) is 10.4 Å². The molecule has 1 nitrogen and oxygen atoms in total. The molecule has 0 spiro atoms. The molecular weight excluding hydrogens is 150 g/mol. The van der Waals surface area contributed by atoms with Crippen LogP contribution in [0, 0.1) is 6.92 Å². The van der Waals surface area contributed by atoms with E-state index >= 15 is 0 Å². The highest BCUT2D eigenvalue weighted by atomic mass is 32.2. The molecule has 50 valence electrons. The maximum absolute atomic E-state index is 4.13. The van der Waals surface area contributed by atoms with Crippen LogP contribution in [0.25, 0.3) is 0 Å². The highest BCUT2D eigenvalue weighted by Crippen LogP contribution is 2.23. The monoisotopic (exact) mass is 159 g/mol. The molecule has 0 atom stereocenters. The number of aromatic nitrogens is 1. The number of hydrogen-bond acceptors (Lipinski definition) is 3. The predicted octanol–water partition coefficient (Wildman–Crippen LogP) is 2.56. The molecule has 1 rings (SSSR count). The van der Waals surface area contributed by atoms with E-state index in [9.17, 15) is 0 Å². The van der Waals surface area contributed by atoms with Crippen molar-refractivity contribution in [2.45, 2.75) is 18.1 Å². The van der Waals surface area contributed by atoms with Crippen LogP contribution >= 0.6 is 23.1 Å². The van der Waals surface area contributed by atoms with Gasteiger partial charge in [-0.15, -0.1) is 23.1 Å². The number of rotatable bonds is 2. The Labute approximate surface area is 63.5 Å². The topological polar surface area (TPSA) is 12.9 Å². The molecule has 0 radical (unpaired) electrons. The molecule has 0 aromatic carbocycles. The van der Waals surface area contributed by atoms with Crippen LogP contribution in [0.2, 0.25) is 0 Å². The summed E-state index contributed by atoms with van der Waals surface area (Å²) in [6.45, 7) is 4.18. The second-order valence-electron chi connectivity index (χ2n) is 1.63. The summed E-state index contributed by atoms with van der Waals surface area (Å²) in [5.74, 6) is 1.14. The maximum atomic E-state index is 4.13. The Morgan fingerprint density at radius 2 is 2.56 bits per heavy atom. The van der Waals surface area contributed by atoms with E-state index in [-0.39, 0.29) is 0 Å². The maximum Gasteiger partial charge on any atom is 0.0905 e. The molecule has 0 saturated heterocycles. The summed E-state index contributed by atoms with van der Waals surface area (Å²) in [6.07, 6.45) is 1.94. The predicted molar refractivity (Wildman–Crippen MR) is 43.2 cm³/mol. The third-order valence-electron chi connectivity index (χ3n) is 0.887. The van der Waals surface area contributed by atoms with E-state index in [0.29, 0.717) is 0 Å². The Hall–Kier alpha value is -0.0200. The van der Waals surface area contributed by atoms with Crippen LogP contribution in [0.3, 0.4) is 0 Å². The largest absolute Gasteiger partial charge is 0.249 e. The molecule has 1 heterocycles. The van der Waals surface area contributed by atoms with Crippen LogP contribution < -0.4 is 0 Å². The lowest BCUT2D eigenvalue weighted by atomic mass is 10.8. The van der Waals surface area contributed by atoms with E-state index in [1.165, 1.54) is 4.21 Å². The van der Waals surface area contributed by atoms with Gasteiger partial charge in [0.25, 0.3) is 0 Å². The Balaban J connectivity index is 2.61. The molecule has 1 aromatic rings. The average molecular weight is 159 g/mol. The van der Waals surface area contributed by atoms with Gasteiger partial charge in [0.05, 0.1) is 15.4 Å². The van der Waals surface area contributed by atoms with E-state index in [1.54, 1.807) is 11.3 Å². The number of nitrogens with zero attached hydrogens (tertiary/aromatic N) is 1. The fourth-order valence-electron chi connectivity index (χ4n) is 0.551. The number of thioether (sulfide) groups is 1. The molecule has 9 heavy (non-hydrogen) atoms. The minimum absolute atomic E-state index is 1.14. The van der Waals surface area contributed by atoms with Gasteiger partial charge in [0.1, 0.15) is 0 Å². The summed E-state index contributed by atoms with van der Waals surface area (Å²) in [4.78, 5) is 4.13. The van der Waals surface area contributed by atoms with Crippen LogP contribution in [-0.2, 0) is 0 Å². The van der Waals surface area contributed by atoms with E-state index in [2.05, 4.69) is 11.9 Å². The van der Waals surface area contributed by atoms with Crippen molar-refractivity contribution in [3.63, 3.8) is 0 Å². The van der Waals surface area contributed by atoms with E-state index < -0.39 is 0 Å². The molecule has 3 heteroatoms. The standard InChI is InChI=1S/C6H9NS2/c1-3-8-6-4-7-5(2)9-6/h4H,3H2,1-2H3. The summed E-state index contributed by atoms with van der Waals surface area (Å²) in [6, 6.07) is 0. The lowest BCUT2D eigenvalue weighted by molar-refractivity contribution is 1.28. The van der Waals surface area contributed by atoms with Gasteiger partial charge in [-0.2, -0.15) is 0 Å². The fraction of sp³-hybridized carbons (Fsp3) is 0.500. The zero-order valence-electron chi connectivity index (χ0n) is 5.55. The average Bonchev–Trinajstić information content (AvgIpc) is 2.17. The molecule has 1 aromatic heterocycles. The van der Waals surface area contributed by atoms with Crippen LogP contribution in [-0.4, -0.2) is 10.7 Å². The summed E-state index contributed by atoms with van der Waals surface area (Å²) < 4.78 is 1.33. The van der Waals surface area contributed by atoms with Crippen molar-refractivity contribution in [3.05, 3.63) is 11.2 Å². The second kappa shape index (κ2) is 3.22. The third kappa shape index (κ3) is 1.99. The molecule has 0 fully saturated rings. The van der Waals surface area contributed by atoms with Crippen molar-refractivity contribution in [2.75, 3.05) is 5.75 Å². The number of thiazole rings is 1. The number of aryl methyl sites for hydroxylation is 1. The smallest absolute Gasteiger partial charge is 0.0905 e. The van der Waals surface area contributed by atoms with E-state index in [0.717, 1.165) is 10.8 Å². The quantitative estimate of drug-likeness (QED) is 0.615. The van der Waals surface area contributed by atoms with Crippen LogP contribution in [0.4, 0.5) is 0 Å². The Kier molecular flexibility index (Phi) is 2.54. The summed E-state index contributed by atoms with van der Waals surface area (Å²) in [7, 11) is 0. The van der Waals surface area contributed by atoms with Gasteiger partial charge in [-0.25, -0.2) is 4.98 Å². The molecule has 0 aliphatic carbocycles. The molecular formula is C6H9NS2. The van der Waals surface area contributed by atoms with Crippen molar-refractivity contribution in [1.29, 1.82) is 0 Å². The van der Waals surface area contributed by atoms with Crippen molar-refractivity contribution in [3.8, 4) is 0 Å². The minimum Gasteiger partial charge on any atom is -0.249 e. The molecule has 0 aliphatic heterocycles. The van der Waals surface area contributed by atoms with Crippen LogP contribution in [0.5, 0.6) is 0 Å². The number of hydrogen-bond donors (Lipinski definition) is 0. The van der Waals surface area contributed by atoms with Crippen LogP contribution in [0.1, 0.15) is 11.9 Å². The molecule has 0 aliphatic rings. The molecule has 0 amide bonds. The van der Waals surface area contributed by atoms with Crippen molar-refractivity contribution >= 4 is 23.1 Å². The molecule has 0 bridgehead atoms. The first-order valence-corrected chi connectivity index (χ1v) is 4.68.